The molecule has 1 aliphatic heterocycles. The molecule has 1 aliphatic rings. The van der Waals surface area contributed by atoms with Crippen molar-refractivity contribution in [2.75, 3.05) is 32.5 Å². The Morgan fingerprint density at radius 3 is 2.67 bits per heavy atom. The van der Waals surface area contributed by atoms with Gasteiger partial charge in [-0.05, 0) is 31.0 Å². The number of primary amides is 1. The number of nitrogens with two attached hydrogens (primary N) is 1. The van der Waals surface area contributed by atoms with Gasteiger partial charge in [0.25, 0.3) is 10.2 Å². The van der Waals surface area contributed by atoms with E-state index in [-0.39, 0.29) is 12.5 Å². The first-order valence-electron chi connectivity index (χ1n) is 7.60. The lowest BCUT2D eigenvalue weighted by Gasteiger charge is -2.32. The number of benzene rings is 1. The second-order valence-corrected chi connectivity index (χ2v) is 8.06. The van der Waals surface area contributed by atoms with E-state index in [2.05, 4.69) is 5.32 Å². The number of nitrogens with one attached hydrogen (secondary N) is 1. The number of anilines is 1. The molecule has 2 rings (SSSR count). The third-order valence-corrected chi connectivity index (χ3v) is 5.86. The van der Waals surface area contributed by atoms with Crippen molar-refractivity contribution in [1.29, 1.82) is 0 Å². The van der Waals surface area contributed by atoms with Gasteiger partial charge >= 0.3 is 0 Å². The average Bonchev–Trinajstić information content (AvgIpc) is 2.55. The number of rotatable bonds is 5. The zero-order valence-electron chi connectivity index (χ0n) is 13.7. The summed E-state index contributed by atoms with van der Waals surface area (Å²) in [5, 5.41) is 2.73. The Labute approximate surface area is 141 Å². The van der Waals surface area contributed by atoms with Gasteiger partial charge in [-0.1, -0.05) is 6.07 Å². The average molecular weight is 354 g/mol. The zero-order chi connectivity index (χ0) is 17.9. The molecule has 1 aromatic rings. The Kier molecular flexibility index (Phi) is 5.58. The maximum atomic E-state index is 12.4. The molecule has 0 unspecified atom stereocenters. The van der Waals surface area contributed by atoms with Crippen molar-refractivity contribution in [3.8, 4) is 0 Å². The molecule has 2 amide bonds. The van der Waals surface area contributed by atoms with Gasteiger partial charge in [0, 0.05) is 38.4 Å². The molecule has 0 radical (unpaired) electrons. The van der Waals surface area contributed by atoms with Crippen LogP contribution in [0.4, 0.5) is 5.69 Å². The molecule has 0 spiro atoms. The summed E-state index contributed by atoms with van der Waals surface area (Å²) in [6.07, 6.45) is 1.23. The molecule has 0 bridgehead atoms. The van der Waals surface area contributed by atoms with E-state index in [1.165, 1.54) is 24.5 Å². The summed E-state index contributed by atoms with van der Waals surface area (Å²) in [5.74, 6) is -1.28. The zero-order valence-corrected chi connectivity index (χ0v) is 14.5. The molecule has 0 aliphatic carbocycles. The normalized spacial score (nSPS) is 19.2. The predicted octanol–water partition coefficient (Wildman–Crippen LogP) is 0.242. The second kappa shape index (κ2) is 7.29. The van der Waals surface area contributed by atoms with Gasteiger partial charge in [0.1, 0.15) is 0 Å². The summed E-state index contributed by atoms with van der Waals surface area (Å²) < 4.78 is 26.9. The van der Waals surface area contributed by atoms with Crippen LogP contribution in [-0.4, -0.2) is 56.0 Å². The standard InChI is InChI=1S/C15H22N4O4S/c1-18(2)24(22,23)19-8-4-6-12(10-19)15(21)17-13-7-3-5-11(9-13)14(16)20/h3,5,7,9,12H,4,6,8,10H2,1-2H3,(H2,16,20)(H,17,21)/t12-/m0/s1. The molecule has 9 heteroatoms. The minimum absolute atomic E-state index is 0.141. The van der Waals surface area contributed by atoms with E-state index in [4.69, 9.17) is 5.73 Å². The number of carbonyl (C=O) groups excluding carboxylic acids is 2. The first kappa shape index (κ1) is 18.4. The first-order valence-corrected chi connectivity index (χ1v) is 9.00. The predicted molar refractivity (Wildman–Crippen MR) is 90.5 cm³/mol. The van der Waals surface area contributed by atoms with Crippen molar-refractivity contribution in [3.63, 3.8) is 0 Å². The molecule has 24 heavy (non-hydrogen) atoms. The Balaban J connectivity index is 2.07. The molecule has 132 valence electrons. The van der Waals surface area contributed by atoms with Gasteiger partial charge in [0.2, 0.25) is 11.8 Å². The first-order chi connectivity index (χ1) is 11.2. The van der Waals surface area contributed by atoms with Crippen LogP contribution in [0, 0.1) is 5.92 Å². The van der Waals surface area contributed by atoms with E-state index in [9.17, 15) is 18.0 Å². The highest BCUT2D eigenvalue weighted by atomic mass is 32.2. The van der Waals surface area contributed by atoms with E-state index in [0.29, 0.717) is 30.6 Å². The molecular formula is C15H22N4O4S. The van der Waals surface area contributed by atoms with Gasteiger partial charge in [0.15, 0.2) is 0 Å². The van der Waals surface area contributed by atoms with Gasteiger partial charge in [-0.3, -0.25) is 9.59 Å². The maximum Gasteiger partial charge on any atom is 0.281 e. The molecular weight excluding hydrogens is 332 g/mol. The third kappa shape index (κ3) is 4.11. The molecule has 3 N–H and O–H groups in total. The lowest BCUT2D eigenvalue weighted by molar-refractivity contribution is -0.120. The summed E-state index contributed by atoms with van der Waals surface area (Å²) in [4.78, 5) is 23.6. The fourth-order valence-electron chi connectivity index (χ4n) is 2.59. The minimum Gasteiger partial charge on any atom is -0.366 e. The molecule has 1 fully saturated rings. The number of carbonyl (C=O) groups is 2. The van der Waals surface area contributed by atoms with Gasteiger partial charge in [-0.15, -0.1) is 0 Å². The van der Waals surface area contributed by atoms with Gasteiger partial charge in [-0.25, -0.2) is 0 Å². The van der Waals surface area contributed by atoms with Crippen molar-refractivity contribution in [3.05, 3.63) is 29.8 Å². The molecule has 1 aromatic carbocycles. The van der Waals surface area contributed by atoms with E-state index >= 15 is 0 Å². The van der Waals surface area contributed by atoms with Crippen LogP contribution in [0.25, 0.3) is 0 Å². The van der Waals surface area contributed by atoms with Gasteiger partial charge in [0.05, 0.1) is 5.92 Å². The van der Waals surface area contributed by atoms with E-state index in [1.54, 1.807) is 18.2 Å². The van der Waals surface area contributed by atoms with Gasteiger partial charge in [-0.2, -0.15) is 17.0 Å². The van der Waals surface area contributed by atoms with Gasteiger partial charge < -0.3 is 11.1 Å². The lowest BCUT2D eigenvalue weighted by Crippen LogP contribution is -2.47. The topological polar surface area (TPSA) is 113 Å². The number of hydrogen-bond donors (Lipinski definition) is 2. The van der Waals surface area contributed by atoms with E-state index in [0.717, 1.165) is 4.31 Å². The van der Waals surface area contributed by atoms with Crippen LogP contribution in [0.15, 0.2) is 24.3 Å². The fraction of sp³-hybridized carbons (Fsp3) is 0.467. The summed E-state index contributed by atoms with van der Waals surface area (Å²) in [5.41, 5.74) is 5.98. The Bertz CT molecular complexity index is 733. The molecule has 0 saturated carbocycles. The summed E-state index contributed by atoms with van der Waals surface area (Å²) in [7, 11) is -0.598. The summed E-state index contributed by atoms with van der Waals surface area (Å²) in [6.45, 7) is 0.545. The fourth-order valence-corrected chi connectivity index (χ4v) is 3.78. The highest BCUT2D eigenvalue weighted by molar-refractivity contribution is 7.86. The number of nitrogens with zero attached hydrogens (tertiary/aromatic N) is 2. The van der Waals surface area contributed by atoms with Crippen LogP contribution in [0.5, 0.6) is 0 Å². The van der Waals surface area contributed by atoms with E-state index in [1.807, 2.05) is 0 Å². The van der Waals surface area contributed by atoms with Crippen LogP contribution < -0.4 is 11.1 Å². The van der Waals surface area contributed by atoms with Crippen molar-refractivity contribution < 1.29 is 18.0 Å². The molecule has 1 atom stereocenters. The Hall–Kier alpha value is -1.97. The summed E-state index contributed by atoms with van der Waals surface area (Å²) >= 11 is 0. The van der Waals surface area contributed by atoms with E-state index < -0.39 is 22.0 Å². The van der Waals surface area contributed by atoms with Crippen LogP contribution in [0.2, 0.25) is 0 Å². The smallest absolute Gasteiger partial charge is 0.281 e. The second-order valence-electron chi connectivity index (χ2n) is 5.92. The lowest BCUT2D eigenvalue weighted by atomic mass is 9.98. The SMILES string of the molecule is CN(C)S(=O)(=O)N1CCC[C@H](C(=O)Nc2cccc(C(N)=O)c2)C1. The highest BCUT2D eigenvalue weighted by Crippen LogP contribution is 2.22. The van der Waals surface area contributed by atoms with Crippen molar-refractivity contribution in [2.45, 2.75) is 12.8 Å². The molecule has 1 saturated heterocycles. The monoisotopic (exact) mass is 354 g/mol. The Morgan fingerprint density at radius 2 is 2.04 bits per heavy atom. The number of hydrogen-bond acceptors (Lipinski definition) is 4. The van der Waals surface area contributed by atoms with Crippen LogP contribution in [0.3, 0.4) is 0 Å². The van der Waals surface area contributed by atoms with Crippen molar-refractivity contribution in [2.24, 2.45) is 11.7 Å². The van der Waals surface area contributed by atoms with Crippen LogP contribution in [-0.2, 0) is 15.0 Å². The highest BCUT2D eigenvalue weighted by Gasteiger charge is 2.33. The van der Waals surface area contributed by atoms with Crippen molar-refractivity contribution >= 4 is 27.7 Å². The largest absolute Gasteiger partial charge is 0.366 e. The third-order valence-electron chi connectivity index (χ3n) is 3.96. The molecule has 1 heterocycles. The number of piperidine rings is 1. The van der Waals surface area contributed by atoms with Crippen molar-refractivity contribution in [1.82, 2.24) is 8.61 Å². The Morgan fingerprint density at radius 1 is 1.33 bits per heavy atom. The quantitative estimate of drug-likeness (QED) is 0.788. The minimum atomic E-state index is -3.53. The summed E-state index contributed by atoms with van der Waals surface area (Å²) in [6, 6.07) is 6.34. The molecule has 0 aromatic heterocycles. The van der Waals surface area contributed by atoms with Crippen LogP contribution >= 0.6 is 0 Å². The molecule has 8 nitrogen and oxygen atoms in total. The number of amides is 2. The maximum absolute atomic E-state index is 12.4. The van der Waals surface area contributed by atoms with Crippen LogP contribution in [0.1, 0.15) is 23.2 Å².